The predicted molar refractivity (Wildman–Crippen MR) is 197 cm³/mol. The maximum Gasteiger partial charge on any atom is 0.221 e. The summed E-state index contributed by atoms with van der Waals surface area (Å²) >= 11 is 10.1. The number of halogens is 2. The van der Waals surface area contributed by atoms with Crippen LogP contribution in [0.2, 0.25) is 0 Å². The van der Waals surface area contributed by atoms with Gasteiger partial charge in [-0.3, -0.25) is 9.59 Å². The largest absolute Gasteiger partial charge is 0.497 e. The number of benzene rings is 5. The van der Waals surface area contributed by atoms with E-state index in [9.17, 15) is 14.7 Å². The Labute approximate surface area is 291 Å². The molecule has 5 N–H and O–H groups in total. The van der Waals surface area contributed by atoms with E-state index in [1.807, 2.05) is 97.1 Å². The highest BCUT2D eigenvalue weighted by Gasteiger charge is 2.16. The quantitative estimate of drug-likeness (QED) is 0.0637. The molecule has 0 spiro atoms. The molecule has 0 atom stereocenters. The third-order valence-electron chi connectivity index (χ3n) is 7.37. The van der Waals surface area contributed by atoms with Gasteiger partial charge in [0, 0.05) is 58.3 Å². The van der Waals surface area contributed by atoms with Gasteiger partial charge in [0.25, 0.3) is 0 Å². The molecule has 0 heterocycles. The van der Waals surface area contributed by atoms with E-state index in [1.54, 1.807) is 7.11 Å². The summed E-state index contributed by atoms with van der Waals surface area (Å²) in [4.78, 5) is 24.6. The first-order valence-electron chi connectivity index (χ1n) is 15.3. The van der Waals surface area contributed by atoms with Gasteiger partial charge in [-0.05, 0) is 151 Å². The second kappa shape index (κ2) is 17.8. The molecule has 5 aromatic rings. The standard InChI is InChI=1S/C32H30N4O2.C6H8Cl2O2/c1-38-32-20-18-31(19-21-32)36(28-12-6-25(34)7-13-28)30-16-14-29(15-17-30)35(27-10-4-24(33)5-11-27)26-8-2-23(22-37)3-9-26;7-5(9)3-1-2-4-6(8)10/h2-21,37H,22,33-34H2,1H3;1-4H2. The zero-order chi connectivity index (χ0) is 34.5. The molecule has 5 rings (SSSR count). The number of hydrogen-bond acceptors (Lipinski definition) is 8. The van der Waals surface area contributed by atoms with E-state index in [2.05, 4.69) is 34.1 Å². The fraction of sp³-hybridized carbons (Fsp3) is 0.158. The Kier molecular flexibility index (Phi) is 13.3. The van der Waals surface area contributed by atoms with Crippen molar-refractivity contribution in [2.45, 2.75) is 32.3 Å². The second-order valence-corrected chi connectivity index (χ2v) is 11.7. The number of rotatable bonds is 13. The molecule has 0 aliphatic rings. The van der Waals surface area contributed by atoms with Gasteiger partial charge in [0.15, 0.2) is 0 Å². The summed E-state index contributed by atoms with van der Waals surface area (Å²) in [6, 6.07) is 39.9. The number of nitrogens with zero attached hydrogens (tertiary/aromatic N) is 2. The second-order valence-electron chi connectivity index (χ2n) is 10.8. The third-order valence-corrected chi connectivity index (χ3v) is 7.75. The smallest absolute Gasteiger partial charge is 0.221 e. The van der Waals surface area contributed by atoms with Crippen molar-refractivity contribution in [3.8, 4) is 5.75 Å². The molecule has 0 radical (unpaired) electrons. The number of aliphatic hydroxyl groups excluding tert-OH is 1. The lowest BCUT2D eigenvalue weighted by atomic mass is 10.1. The SMILES string of the molecule is COc1ccc(N(c2ccc(N)cc2)c2ccc(N(c3ccc(N)cc3)c3ccc(CO)cc3)cc2)cc1.O=C(Cl)CCCCC(=O)Cl. The first kappa shape index (κ1) is 35.8. The highest BCUT2D eigenvalue weighted by Crippen LogP contribution is 2.39. The van der Waals surface area contributed by atoms with Crippen molar-refractivity contribution in [3.63, 3.8) is 0 Å². The molecule has 8 nitrogen and oxygen atoms in total. The number of nitrogens with two attached hydrogens (primary N) is 2. The van der Waals surface area contributed by atoms with Crippen molar-refractivity contribution < 1.29 is 19.4 Å². The molecule has 0 unspecified atom stereocenters. The van der Waals surface area contributed by atoms with Crippen LogP contribution in [0.15, 0.2) is 121 Å². The Morgan fingerprint density at radius 2 is 0.854 bits per heavy atom. The van der Waals surface area contributed by atoms with Crippen molar-refractivity contribution in [1.82, 2.24) is 0 Å². The molecular formula is C38H38Cl2N4O4. The summed E-state index contributed by atoms with van der Waals surface area (Å²) in [5, 5.41) is 8.78. The number of ether oxygens (including phenoxy) is 1. The van der Waals surface area contributed by atoms with Gasteiger partial charge in [-0.25, -0.2) is 0 Å². The molecule has 0 aliphatic carbocycles. The zero-order valence-corrected chi connectivity index (χ0v) is 28.1. The van der Waals surface area contributed by atoms with Gasteiger partial charge in [-0.1, -0.05) is 12.1 Å². The first-order chi connectivity index (χ1) is 23.2. The highest BCUT2D eigenvalue weighted by atomic mass is 35.5. The van der Waals surface area contributed by atoms with Gasteiger partial charge in [0.1, 0.15) is 5.75 Å². The van der Waals surface area contributed by atoms with E-state index in [-0.39, 0.29) is 17.1 Å². The number of carbonyl (C=O) groups is 2. The molecular weight excluding hydrogens is 647 g/mol. The average molecular weight is 686 g/mol. The van der Waals surface area contributed by atoms with Crippen LogP contribution in [-0.2, 0) is 16.2 Å². The molecule has 5 aromatic carbocycles. The fourth-order valence-corrected chi connectivity index (χ4v) is 5.17. The van der Waals surface area contributed by atoms with Crippen LogP contribution in [-0.4, -0.2) is 22.7 Å². The lowest BCUT2D eigenvalue weighted by Crippen LogP contribution is -2.12. The van der Waals surface area contributed by atoms with E-state index in [0.29, 0.717) is 37.1 Å². The lowest BCUT2D eigenvalue weighted by molar-refractivity contribution is -0.113. The van der Waals surface area contributed by atoms with Gasteiger partial charge in [0.2, 0.25) is 10.5 Å². The third kappa shape index (κ3) is 10.2. The molecule has 0 aliphatic heterocycles. The maximum atomic E-state index is 10.1. The Morgan fingerprint density at radius 1 is 0.562 bits per heavy atom. The average Bonchev–Trinajstić information content (AvgIpc) is 3.10. The number of anilines is 8. The van der Waals surface area contributed by atoms with Crippen molar-refractivity contribution in [2.24, 2.45) is 0 Å². The zero-order valence-electron chi connectivity index (χ0n) is 26.6. The van der Waals surface area contributed by atoms with Crippen molar-refractivity contribution in [1.29, 1.82) is 0 Å². The molecule has 10 heteroatoms. The van der Waals surface area contributed by atoms with Gasteiger partial charge < -0.3 is 31.1 Å². The molecule has 48 heavy (non-hydrogen) atoms. The fourth-order valence-electron chi connectivity index (χ4n) is 4.90. The monoisotopic (exact) mass is 684 g/mol. The van der Waals surface area contributed by atoms with Gasteiger partial charge in [0.05, 0.1) is 13.7 Å². The van der Waals surface area contributed by atoms with Crippen LogP contribution in [0, 0.1) is 0 Å². The summed E-state index contributed by atoms with van der Waals surface area (Å²) in [7, 11) is 1.66. The van der Waals surface area contributed by atoms with Crippen LogP contribution >= 0.6 is 23.2 Å². The lowest BCUT2D eigenvalue weighted by Gasteiger charge is -2.28. The van der Waals surface area contributed by atoms with E-state index >= 15 is 0 Å². The summed E-state index contributed by atoms with van der Waals surface area (Å²) in [5.41, 5.74) is 20.2. The maximum absolute atomic E-state index is 10.1. The van der Waals surface area contributed by atoms with Crippen LogP contribution < -0.4 is 26.0 Å². The summed E-state index contributed by atoms with van der Waals surface area (Å²) in [5.74, 6) is 0.799. The van der Waals surface area contributed by atoms with Crippen LogP contribution in [0.3, 0.4) is 0 Å². The molecule has 0 bridgehead atoms. The van der Waals surface area contributed by atoms with Gasteiger partial charge in [-0.15, -0.1) is 0 Å². The van der Waals surface area contributed by atoms with Gasteiger partial charge >= 0.3 is 0 Å². The molecule has 0 amide bonds. The molecule has 248 valence electrons. The number of methoxy groups -OCH3 is 1. The topological polar surface area (TPSA) is 122 Å². The molecule has 0 aromatic heterocycles. The van der Waals surface area contributed by atoms with Crippen LogP contribution in [0.5, 0.6) is 5.75 Å². The highest BCUT2D eigenvalue weighted by molar-refractivity contribution is 6.63. The summed E-state index contributed by atoms with van der Waals surface area (Å²) in [6.07, 6.45) is 1.93. The predicted octanol–water partition coefficient (Wildman–Crippen LogP) is 9.37. The Balaban J connectivity index is 0.000000453. The van der Waals surface area contributed by atoms with Crippen molar-refractivity contribution >= 4 is 79.2 Å². The number of nitrogen functional groups attached to an aromatic ring is 2. The normalized spacial score (nSPS) is 10.4. The Bertz CT molecular complexity index is 1620. The summed E-state index contributed by atoms with van der Waals surface area (Å²) in [6.45, 7) is 0.00315. The van der Waals surface area contributed by atoms with Crippen molar-refractivity contribution in [2.75, 3.05) is 28.4 Å². The van der Waals surface area contributed by atoms with Crippen molar-refractivity contribution in [3.05, 3.63) is 127 Å². The van der Waals surface area contributed by atoms with E-state index in [0.717, 1.165) is 45.4 Å². The Hall–Kier alpha value is -5.02. The number of unbranched alkanes of at least 4 members (excludes halogenated alkanes) is 1. The molecule has 0 saturated carbocycles. The minimum absolute atomic E-state index is 0.00315. The van der Waals surface area contributed by atoms with E-state index in [4.69, 9.17) is 39.4 Å². The van der Waals surface area contributed by atoms with E-state index in [1.165, 1.54) is 0 Å². The Morgan fingerprint density at radius 3 is 1.15 bits per heavy atom. The van der Waals surface area contributed by atoms with Crippen LogP contribution in [0.25, 0.3) is 0 Å². The first-order valence-corrected chi connectivity index (χ1v) is 16.1. The van der Waals surface area contributed by atoms with Crippen LogP contribution in [0.1, 0.15) is 31.2 Å². The summed E-state index contributed by atoms with van der Waals surface area (Å²) < 4.78 is 5.36. The molecule has 0 saturated heterocycles. The number of carbonyl (C=O) groups excluding carboxylic acids is 2. The number of aliphatic hydroxyl groups is 1. The number of hydrogen-bond donors (Lipinski definition) is 3. The minimum atomic E-state index is -0.359. The molecule has 0 fully saturated rings. The minimum Gasteiger partial charge on any atom is -0.497 e. The van der Waals surface area contributed by atoms with E-state index < -0.39 is 0 Å². The van der Waals surface area contributed by atoms with Gasteiger partial charge in [-0.2, -0.15) is 0 Å². The van der Waals surface area contributed by atoms with Crippen LogP contribution in [0.4, 0.5) is 45.5 Å².